The maximum Gasteiger partial charge on any atom is 0.0991 e. The van der Waals surface area contributed by atoms with E-state index in [0.29, 0.717) is 5.92 Å². The molecular formula is C20H22N2. The molecule has 0 bridgehead atoms. The molecule has 1 saturated carbocycles. The average Bonchev–Trinajstić information content (AvgIpc) is 2.59. The van der Waals surface area contributed by atoms with E-state index in [1.807, 2.05) is 24.3 Å². The molecule has 0 radical (unpaired) electrons. The van der Waals surface area contributed by atoms with Gasteiger partial charge in [-0.25, -0.2) is 0 Å². The summed E-state index contributed by atoms with van der Waals surface area (Å²) in [5.74, 6) is 1.50. The van der Waals surface area contributed by atoms with Crippen LogP contribution in [0.2, 0.25) is 0 Å². The molecule has 0 atom stereocenters. The van der Waals surface area contributed by atoms with Gasteiger partial charge in [0, 0.05) is 6.08 Å². The highest BCUT2D eigenvalue weighted by Crippen LogP contribution is 2.37. The van der Waals surface area contributed by atoms with Crippen LogP contribution in [-0.4, -0.2) is 0 Å². The topological polar surface area (TPSA) is 47.6 Å². The van der Waals surface area contributed by atoms with Gasteiger partial charge in [0.1, 0.15) is 0 Å². The van der Waals surface area contributed by atoms with Crippen LogP contribution in [-0.2, 0) is 0 Å². The fraction of sp³-hybridized carbons (Fsp3) is 0.400. The summed E-state index contributed by atoms with van der Waals surface area (Å²) in [5, 5.41) is 17.2. The van der Waals surface area contributed by atoms with E-state index in [9.17, 15) is 0 Å². The van der Waals surface area contributed by atoms with Crippen molar-refractivity contribution in [1.29, 1.82) is 10.5 Å². The third-order valence-electron chi connectivity index (χ3n) is 4.52. The van der Waals surface area contributed by atoms with Crippen molar-refractivity contribution in [3.63, 3.8) is 0 Å². The second-order valence-corrected chi connectivity index (χ2v) is 5.95. The lowest BCUT2D eigenvalue weighted by Gasteiger charge is -2.28. The van der Waals surface area contributed by atoms with Gasteiger partial charge >= 0.3 is 0 Å². The van der Waals surface area contributed by atoms with E-state index in [2.05, 4.69) is 24.3 Å². The molecule has 0 N–H and O–H groups in total. The molecule has 0 spiro atoms. The van der Waals surface area contributed by atoms with Crippen LogP contribution in [0, 0.1) is 28.6 Å². The van der Waals surface area contributed by atoms with Gasteiger partial charge in [-0.15, -0.1) is 0 Å². The van der Waals surface area contributed by atoms with E-state index in [1.165, 1.54) is 43.7 Å². The molecule has 1 aliphatic rings. The van der Waals surface area contributed by atoms with Crippen molar-refractivity contribution in [1.82, 2.24) is 0 Å². The quantitative estimate of drug-likeness (QED) is 0.549. The summed E-state index contributed by atoms with van der Waals surface area (Å²) >= 11 is 0. The van der Waals surface area contributed by atoms with Gasteiger partial charge in [0.25, 0.3) is 0 Å². The molecule has 2 nitrogen and oxygen atoms in total. The van der Waals surface area contributed by atoms with Crippen molar-refractivity contribution >= 4 is 0 Å². The monoisotopic (exact) mass is 290 g/mol. The van der Waals surface area contributed by atoms with Crippen LogP contribution in [0.4, 0.5) is 0 Å². The molecule has 0 unspecified atom stereocenters. The van der Waals surface area contributed by atoms with Crippen molar-refractivity contribution in [2.75, 3.05) is 0 Å². The lowest BCUT2D eigenvalue weighted by atomic mass is 9.77. The normalized spacial score (nSPS) is 21.7. The van der Waals surface area contributed by atoms with E-state index >= 15 is 0 Å². The fourth-order valence-corrected chi connectivity index (χ4v) is 3.22. The zero-order chi connectivity index (χ0) is 15.6. The molecule has 1 aliphatic carbocycles. The predicted octanol–water partition coefficient (Wildman–Crippen LogP) is 5.25. The summed E-state index contributed by atoms with van der Waals surface area (Å²) in [7, 11) is 0. The average molecular weight is 290 g/mol. The number of nitriles is 2. The predicted molar refractivity (Wildman–Crippen MR) is 89.0 cm³/mol. The summed E-state index contributed by atoms with van der Waals surface area (Å²) in [6, 6.07) is 12.3. The van der Waals surface area contributed by atoms with Crippen molar-refractivity contribution in [3.8, 4) is 12.1 Å². The molecule has 0 saturated heterocycles. The van der Waals surface area contributed by atoms with Gasteiger partial charge in [-0.3, -0.25) is 0 Å². The number of hydrogen-bond donors (Lipinski definition) is 0. The van der Waals surface area contributed by atoms with E-state index in [1.54, 1.807) is 6.08 Å². The van der Waals surface area contributed by atoms with Gasteiger partial charge in [-0.2, -0.15) is 10.5 Å². The molecular weight excluding hydrogens is 268 g/mol. The Morgan fingerprint density at radius 2 is 1.73 bits per heavy atom. The van der Waals surface area contributed by atoms with Crippen molar-refractivity contribution in [3.05, 3.63) is 59.7 Å². The van der Waals surface area contributed by atoms with Gasteiger partial charge in [0.2, 0.25) is 0 Å². The summed E-state index contributed by atoms with van der Waals surface area (Å²) in [4.78, 5) is 0. The summed E-state index contributed by atoms with van der Waals surface area (Å²) < 4.78 is 0. The second kappa shape index (κ2) is 8.85. The number of rotatable bonds is 5. The van der Waals surface area contributed by atoms with Crippen LogP contribution in [0.15, 0.2) is 48.6 Å². The Hall–Kier alpha value is -2.32. The van der Waals surface area contributed by atoms with Crippen LogP contribution < -0.4 is 0 Å². The lowest BCUT2D eigenvalue weighted by Crippen LogP contribution is -2.13. The van der Waals surface area contributed by atoms with Crippen LogP contribution in [0.3, 0.4) is 0 Å². The lowest BCUT2D eigenvalue weighted by molar-refractivity contribution is 0.312. The zero-order valence-corrected chi connectivity index (χ0v) is 12.9. The van der Waals surface area contributed by atoms with E-state index < -0.39 is 0 Å². The molecule has 0 amide bonds. The minimum absolute atomic E-state index is 0.665. The fourth-order valence-electron chi connectivity index (χ4n) is 3.22. The van der Waals surface area contributed by atoms with Crippen LogP contribution in [0.1, 0.15) is 55.6 Å². The van der Waals surface area contributed by atoms with Gasteiger partial charge in [-0.1, -0.05) is 30.4 Å². The largest absolute Gasteiger partial charge is 0.193 e. The Labute approximate surface area is 133 Å². The molecule has 1 fully saturated rings. The maximum absolute atomic E-state index is 8.85. The third-order valence-corrected chi connectivity index (χ3v) is 4.52. The molecule has 0 aromatic heterocycles. The van der Waals surface area contributed by atoms with Crippen LogP contribution in [0.25, 0.3) is 0 Å². The highest BCUT2D eigenvalue weighted by molar-refractivity contribution is 5.33. The number of benzene rings is 1. The minimum atomic E-state index is 0.665. The number of allylic oxidation sites excluding steroid dienone is 4. The first-order valence-electron chi connectivity index (χ1n) is 8.05. The van der Waals surface area contributed by atoms with Gasteiger partial charge in [-0.05, 0) is 68.1 Å². The molecule has 112 valence electrons. The van der Waals surface area contributed by atoms with E-state index in [0.717, 1.165) is 17.9 Å². The van der Waals surface area contributed by atoms with Crippen LogP contribution in [0.5, 0.6) is 0 Å². The summed E-state index contributed by atoms with van der Waals surface area (Å²) in [6.45, 7) is 0. The Morgan fingerprint density at radius 3 is 2.36 bits per heavy atom. The molecule has 0 aliphatic heterocycles. The first-order valence-corrected chi connectivity index (χ1v) is 8.05. The van der Waals surface area contributed by atoms with Gasteiger partial charge in [0.05, 0.1) is 17.7 Å². The molecule has 2 rings (SSSR count). The molecule has 22 heavy (non-hydrogen) atoms. The smallest absolute Gasteiger partial charge is 0.0991 e. The summed E-state index contributed by atoms with van der Waals surface area (Å²) in [5.41, 5.74) is 2.13. The van der Waals surface area contributed by atoms with Crippen molar-refractivity contribution < 1.29 is 0 Å². The first kappa shape index (κ1) is 16.1. The van der Waals surface area contributed by atoms with Gasteiger partial charge in [0.15, 0.2) is 0 Å². The Morgan fingerprint density at radius 1 is 1.00 bits per heavy atom. The molecule has 1 aromatic rings. The minimum Gasteiger partial charge on any atom is -0.193 e. The highest BCUT2D eigenvalue weighted by atomic mass is 14.3. The van der Waals surface area contributed by atoms with E-state index in [-0.39, 0.29) is 0 Å². The molecule has 0 heterocycles. The Kier molecular flexibility index (Phi) is 6.46. The van der Waals surface area contributed by atoms with E-state index in [4.69, 9.17) is 10.5 Å². The Bertz CT molecular complexity index is 588. The number of nitrogens with zero attached hydrogens (tertiary/aromatic N) is 2. The molecule has 2 heteroatoms. The van der Waals surface area contributed by atoms with Crippen molar-refractivity contribution in [2.24, 2.45) is 5.92 Å². The highest BCUT2D eigenvalue weighted by Gasteiger charge is 2.21. The second-order valence-electron chi connectivity index (χ2n) is 5.95. The van der Waals surface area contributed by atoms with Gasteiger partial charge < -0.3 is 0 Å². The standard InChI is InChI=1S/C20H22N2/c21-15-5-3-1-2-4-6-17-7-11-19(12-8-17)20-13-9-18(16-22)10-14-20/h1-3,5,9-10,13-14,17,19H,4,6-8,11-12H2/b2-1+,5-3+/t17-,19-. The first-order chi connectivity index (χ1) is 10.8. The molecule has 1 aromatic carbocycles. The number of hydrogen-bond acceptors (Lipinski definition) is 2. The maximum atomic E-state index is 8.85. The third kappa shape index (κ3) is 4.90. The Balaban J connectivity index is 1.73. The SMILES string of the molecule is N#C/C=C/C=C/CC[C@H]1CC[C@H](c2ccc(C#N)cc2)CC1. The zero-order valence-electron chi connectivity index (χ0n) is 12.9. The summed E-state index contributed by atoms with van der Waals surface area (Å²) in [6.07, 6.45) is 14.9. The van der Waals surface area contributed by atoms with Crippen molar-refractivity contribution in [2.45, 2.75) is 44.4 Å². The van der Waals surface area contributed by atoms with Crippen LogP contribution >= 0.6 is 0 Å².